The van der Waals surface area contributed by atoms with Crippen LogP contribution in [0.4, 0.5) is 0 Å². The van der Waals surface area contributed by atoms with Gasteiger partial charge >= 0.3 is 0 Å². The quantitative estimate of drug-likeness (QED) is 0.869. The summed E-state index contributed by atoms with van der Waals surface area (Å²) in [4.78, 5) is 4.22. The summed E-state index contributed by atoms with van der Waals surface area (Å²) in [5.41, 5.74) is 0.751. The van der Waals surface area contributed by atoms with Crippen LogP contribution < -0.4 is 0 Å². The van der Waals surface area contributed by atoms with E-state index in [0.29, 0.717) is 22.8 Å². The number of halogens is 1. The first-order valence-corrected chi connectivity index (χ1v) is 6.73. The Labute approximate surface area is 108 Å². The minimum atomic E-state index is -0.447. The third-order valence-electron chi connectivity index (χ3n) is 3.71. The van der Waals surface area contributed by atoms with Gasteiger partial charge in [0.25, 0.3) is 0 Å². The van der Waals surface area contributed by atoms with E-state index in [4.69, 9.17) is 11.6 Å². The number of aliphatic hydroxyl groups is 1. The van der Waals surface area contributed by atoms with Crippen LogP contribution in [-0.4, -0.2) is 10.1 Å². The maximum absolute atomic E-state index is 10.4. The Hall–Kier alpha value is -0.600. The largest absolute Gasteiger partial charge is 0.387 e. The zero-order valence-electron chi connectivity index (χ0n) is 10.4. The number of rotatable bonds is 2. The van der Waals surface area contributed by atoms with Crippen LogP contribution in [0.15, 0.2) is 18.3 Å². The Morgan fingerprint density at radius 3 is 2.41 bits per heavy atom. The molecule has 17 heavy (non-hydrogen) atoms. The highest BCUT2D eigenvalue weighted by molar-refractivity contribution is 6.30. The summed E-state index contributed by atoms with van der Waals surface area (Å²) in [6.07, 6.45) is 4.62. The maximum Gasteiger partial charge on any atom is 0.0987 e. The molecule has 3 heteroatoms. The van der Waals surface area contributed by atoms with E-state index in [-0.39, 0.29) is 0 Å². The topological polar surface area (TPSA) is 33.1 Å². The molecule has 1 fully saturated rings. The fourth-order valence-electron chi connectivity index (χ4n) is 3.07. The maximum atomic E-state index is 10.4. The van der Waals surface area contributed by atoms with Crippen molar-refractivity contribution in [1.29, 1.82) is 0 Å². The van der Waals surface area contributed by atoms with Crippen molar-refractivity contribution in [1.82, 2.24) is 4.98 Å². The Morgan fingerprint density at radius 1 is 1.24 bits per heavy atom. The second-order valence-electron chi connectivity index (χ2n) is 5.52. The summed E-state index contributed by atoms with van der Waals surface area (Å²) in [5.74, 6) is 1.74. The van der Waals surface area contributed by atoms with Gasteiger partial charge in [-0.3, -0.25) is 4.98 Å². The summed E-state index contributed by atoms with van der Waals surface area (Å²) < 4.78 is 0. The van der Waals surface area contributed by atoms with Crippen molar-refractivity contribution in [3.05, 3.63) is 29.0 Å². The van der Waals surface area contributed by atoms with Gasteiger partial charge in [-0.1, -0.05) is 25.4 Å². The SMILES string of the molecule is CC1CC(C)CC(C(O)c2ccc(Cl)cn2)C1. The molecule has 0 saturated heterocycles. The number of nitrogens with zero attached hydrogens (tertiary/aromatic N) is 1. The summed E-state index contributed by atoms with van der Waals surface area (Å²) in [6.45, 7) is 4.54. The van der Waals surface area contributed by atoms with E-state index in [2.05, 4.69) is 18.8 Å². The molecule has 0 bridgehead atoms. The molecule has 2 nitrogen and oxygen atoms in total. The Kier molecular flexibility index (Phi) is 4.05. The Bertz CT molecular complexity index is 355. The van der Waals surface area contributed by atoms with Crippen molar-refractivity contribution in [2.75, 3.05) is 0 Å². The predicted octanol–water partition coefficient (Wildman–Crippen LogP) is 3.84. The van der Waals surface area contributed by atoms with Crippen LogP contribution in [0.3, 0.4) is 0 Å². The first-order chi connectivity index (χ1) is 8.06. The first-order valence-electron chi connectivity index (χ1n) is 6.35. The van der Waals surface area contributed by atoms with Crippen molar-refractivity contribution in [3.63, 3.8) is 0 Å². The predicted molar refractivity (Wildman–Crippen MR) is 69.9 cm³/mol. The number of pyridine rings is 1. The third-order valence-corrected chi connectivity index (χ3v) is 3.94. The molecular weight excluding hydrogens is 234 g/mol. The van der Waals surface area contributed by atoms with Gasteiger partial charge in [-0.2, -0.15) is 0 Å². The highest BCUT2D eigenvalue weighted by Gasteiger charge is 2.30. The summed E-state index contributed by atoms with van der Waals surface area (Å²) in [5, 5.41) is 11.0. The molecule has 1 aromatic heterocycles. The summed E-state index contributed by atoms with van der Waals surface area (Å²) in [6, 6.07) is 3.62. The Balaban J connectivity index is 2.08. The highest BCUT2D eigenvalue weighted by atomic mass is 35.5. The average Bonchev–Trinajstić information content (AvgIpc) is 2.28. The highest BCUT2D eigenvalue weighted by Crippen LogP contribution is 2.39. The van der Waals surface area contributed by atoms with Crippen LogP contribution in [0.5, 0.6) is 0 Å². The molecule has 0 spiro atoms. The molecule has 1 aliphatic carbocycles. The minimum Gasteiger partial charge on any atom is -0.387 e. The fraction of sp³-hybridized carbons (Fsp3) is 0.643. The summed E-state index contributed by atoms with van der Waals surface area (Å²) >= 11 is 5.80. The first kappa shape index (κ1) is 12.8. The second-order valence-corrected chi connectivity index (χ2v) is 5.96. The average molecular weight is 254 g/mol. The van der Waals surface area contributed by atoms with Crippen molar-refractivity contribution >= 4 is 11.6 Å². The van der Waals surface area contributed by atoms with Crippen LogP contribution in [0.1, 0.15) is 44.9 Å². The van der Waals surface area contributed by atoms with Crippen molar-refractivity contribution in [3.8, 4) is 0 Å². The van der Waals surface area contributed by atoms with Crippen LogP contribution in [-0.2, 0) is 0 Å². The van der Waals surface area contributed by atoms with E-state index in [1.165, 1.54) is 6.42 Å². The zero-order valence-corrected chi connectivity index (χ0v) is 11.2. The number of aromatic nitrogens is 1. The Morgan fingerprint density at radius 2 is 1.88 bits per heavy atom. The molecule has 3 unspecified atom stereocenters. The van der Waals surface area contributed by atoms with E-state index in [9.17, 15) is 5.11 Å². The monoisotopic (exact) mass is 253 g/mol. The molecule has 1 saturated carbocycles. The minimum absolute atomic E-state index is 0.336. The molecule has 0 amide bonds. The van der Waals surface area contributed by atoms with Crippen molar-refractivity contribution in [2.45, 2.75) is 39.2 Å². The molecule has 0 radical (unpaired) electrons. The molecule has 0 aliphatic heterocycles. The lowest BCUT2D eigenvalue weighted by Crippen LogP contribution is -2.25. The zero-order chi connectivity index (χ0) is 12.4. The van der Waals surface area contributed by atoms with Gasteiger partial charge < -0.3 is 5.11 Å². The van der Waals surface area contributed by atoms with Gasteiger partial charge in [0.05, 0.1) is 16.8 Å². The van der Waals surface area contributed by atoms with Gasteiger partial charge in [-0.15, -0.1) is 0 Å². The molecule has 0 aromatic carbocycles. The molecule has 1 heterocycles. The number of hydrogen-bond acceptors (Lipinski definition) is 2. The van der Waals surface area contributed by atoms with Gasteiger partial charge in [0.15, 0.2) is 0 Å². The van der Waals surface area contributed by atoms with Crippen LogP contribution >= 0.6 is 11.6 Å². The fourth-order valence-corrected chi connectivity index (χ4v) is 3.18. The smallest absolute Gasteiger partial charge is 0.0987 e. The molecule has 1 N–H and O–H groups in total. The van der Waals surface area contributed by atoms with E-state index < -0.39 is 6.10 Å². The molecule has 1 aromatic rings. The molecular formula is C14H20ClNO. The number of aliphatic hydroxyl groups excluding tert-OH is 1. The number of hydrogen-bond donors (Lipinski definition) is 1. The second kappa shape index (κ2) is 5.36. The van der Waals surface area contributed by atoms with Gasteiger partial charge in [-0.05, 0) is 49.1 Å². The lowest BCUT2D eigenvalue weighted by atomic mass is 9.74. The molecule has 1 aliphatic rings. The van der Waals surface area contributed by atoms with Gasteiger partial charge in [-0.25, -0.2) is 0 Å². The van der Waals surface area contributed by atoms with Crippen LogP contribution in [0, 0.1) is 17.8 Å². The van der Waals surface area contributed by atoms with Crippen LogP contribution in [0.2, 0.25) is 5.02 Å². The molecule has 3 atom stereocenters. The molecule has 94 valence electrons. The normalized spacial score (nSPS) is 31.2. The van der Waals surface area contributed by atoms with Gasteiger partial charge in [0.2, 0.25) is 0 Å². The van der Waals surface area contributed by atoms with Gasteiger partial charge in [0.1, 0.15) is 0 Å². The van der Waals surface area contributed by atoms with E-state index in [1.54, 1.807) is 12.3 Å². The third kappa shape index (κ3) is 3.20. The van der Waals surface area contributed by atoms with E-state index in [0.717, 1.165) is 18.5 Å². The van der Waals surface area contributed by atoms with E-state index >= 15 is 0 Å². The lowest BCUT2D eigenvalue weighted by molar-refractivity contribution is 0.0522. The van der Waals surface area contributed by atoms with E-state index in [1.807, 2.05) is 6.07 Å². The molecule has 2 rings (SSSR count). The standard InChI is InChI=1S/C14H20ClNO/c1-9-5-10(2)7-11(6-9)14(17)13-4-3-12(15)8-16-13/h3-4,8-11,14,17H,5-7H2,1-2H3. The van der Waals surface area contributed by atoms with Crippen LogP contribution in [0.25, 0.3) is 0 Å². The van der Waals surface area contributed by atoms with Crippen molar-refractivity contribution < 1.29 is 5.11 Å². The lowest BCUT2D eigenvalue weighted by Gasteiger charge is -2.34. The summed E-state index contributed by atoms with van der Waals surface area (Å²) in [7, 11) is 0. The van der Waals surface area contributed by atoms with Gasteiger partial charge in [0, 0.05) is 6.20 Å². The van der Waals surface area contributed by atoms with Crippen molar-refractivity contribution in [2.24, 2.45) is 17.8 Å².